The second-order valence-electron chi connectivity index (χ2n) is 3.19. The van der Waals surface area contributed by atoms with E-state index >= 15 is 0 Å². The molecule has 0 spiro atoms. The molecule has 15 heavy (non-hydrogen) atoms. The van der Waals surface area contributed by atoms with Crippen LogP contribution in [0.4, 0.5) is 14.9 Å². The quantitative estimate of drug-likeness (QED) is 0.707. The number of carbonyl (C=O) groups excluding carboxylic acids is 1. The standard InChI is InChI=1S/C10H13FN2O2/c1-7(14)6-12-10(15)13-9-4-2-3-8(11)5-9/h2-5,7,14H,6H2,1H3,(H2,12,13,15)/t7-/m1/s1. The molecular formula is C10H13FN2O2. The van der Waals surface area contributed by atoms with E-state index in [0.717, 1.165) is 0 Å². The van der Waals surface area contributed by atoms with Gasteiger partial charge in [0.25, 0.3) is 0 Å². The highest BCUT2D eigenvalue weighted by Gasteiger charge is 2.03. The molecule has 0 saturated carbocycles. The maximum atomic E-state index is 12.7. The Morgan fingerprint density at radius 2 is 2.33 bits per heavy atom. The third-order valence-electron chi connectivity index (χ3n) is 1.64. The number of hydrogen-bond donors (Lipinski definition) is 3. The van der Waals surface area contributed by atoms with E-state index in [1.165, 1.54) is 18.2 Å². The monoisotopic (exact) mass is 212 g/mol. The number of hydrogen-bond acceptors (Lipinski definition) is 2. The summed E-state index contributed by atoms with van der Waals surface area (Å²) >= 11 is 0. The van der Waals surface area contributed by atoms with Gasteiger partial charge in [-0.1, -0.05) is 6.07 Å². The van der Waals surface area contributed by atoms with Crippen LogP contribution in [0.5, 0.6) is 0 Å². The van der Waals surface area contributed by atoms with Crippen molar-refractivity contribution in [2.75, 3.05) is 11.9 Å². The first-order valence-corrected chi connectivity index (χ1v) is 4.56. The van der Waals surface area contributed by atoms with Gasteiger partial charge in [0.15, 0.2) is 0 Å². The third kappa shape index (κ3) is 4.42. The van der Waals surface area contributed by atoms with E-state index in [2.05, 4.69) is 10.6 Å². The highest BCUT2D eigenvalue weighted by atomic mass is 19.1. The minimum absolute atomic E-state index is 0.154. The van der Waals surface area contributed by atoms with Crippen molar-refractivity contribution in [3.05, 3.63) is 30.1 Å². The fourth-order valence-electron chi connectivity index (χ4n) is 0.982. The maximum Gasteiger partial charge on any atom is 0.319 e. The van der Waals surface area contributed by atoms with Gasteiger partial charge >= 0.3 is 6.03 Å². The zero-order valence-corrected chi connectivity index (χ0v) is 8.33. The summed E-state index contributed by atoms with van der Waals surface area (Å²) in [5, 5.41) is 13.8. The summed E-state index contributed by atoms with van der Waals surface area (Å²) in [4.78, 5) is 11.2. The molecule has 0 saturated heterocycles. The first-order valence-electron chi connectivity index (χ1n) is 4.56. The Labute approximate surface area is 87.1 Å². The molecule has 0 aliphatic rings. The molecule has 1 aromatic carbocycles. The normalized spacial score (nSPS) is 11.9. The highest BCUT2D eigenvalue weighted by molar-refractivity contribution is 5.89. The number of benzene rings is 1. The van der Waals surface area contributed by atoms with E-state index < -0.39 is 18.0 Å². The van der Waals surface area contributed by atoms with Gasteiger partial charge in [-0.05, 0) is 25.1 Å². The van der Waals surface area contributed by atoms with E-state index in [4.69, 9.17) is 5.11 Å². The predicted molar refractivity (Wildman–Crippen MR) is 55.1 cm³/mol. The van der Waals surface area contributed by atoms with Crippen LogP contribution in [0.15, 0.2) is 24.3 Å². The molecule has 3 N–H and O–H groups in total. The summed E-state index contributed by atoms with van der Waals surface area (Å²) in [5.41, 5.74) is 0.373. The fraction of sp³-hybridized carbons (Fsp3) is 0.300. The lowest BCUT2D eigenvalue weighted by molar-refractivity contribution is 0.190. The van der Waals surface area contributed by atoms with Gasteiger partial charge in [-0.2, -0.15) is 0 Å². The number of anilines is 1. The Hall–Kier alpha value is -1.62. The van der Waals surface area contributed by atoms with E-state index in [1.807, 2.05) is 0 Å². The number of aliphatic hydroxyl groups is 1. The average molecular weight is 212 g/mol. The van der Waals surface area contributed by atoms with Crippen molar-refractivity contribution in [3.8, 4) is 0 Å². The summed E-state index contributed by atoms with van der Waals surface area (Å²) in [6.07, 6.45) is -0.608. The Morgan fingerprint density at radius 1 is 1.60 bits per heavy atom. The molecule has 4 nitrogen and oxygen atoms in total. The summed E-state index contributed by atoms with van der Waals surface area (Å²) < 4.78 is 12.7. The molecule has 2 amide bonds. The molecule has 5 heteroatoms. The Morgan fingerprint density at radius 3 is 2.93 bits per heavy atom. The second kappa shape index (κ2) is 5.31. The number of amides is 2. The Balaban J connectivity index is 2.44. The van der Waals surface area contributed by atoms with Gasteiger partial charge in [-0.3, -0.25) is 0 Å². The fourth-order valence-corrected chi connectivity index (χ4v) is 0.982. The van der Waals surface area contributed by atoms with Gasteiger partial charge in [0.05, 0.1) is 6.10 Å². The molecular weight excluding hydrogens is 199 g/mol. The second-order valence-corrected chi connectivity index (χ2v) is 3.19. The van der Waals surface area contributed by atoms with Crippen LogP contribution in [-0.4, -0.2) is 23.8 Å². The Kier molecular flexibility index (Phi) is 4.05. The number of urea groups is 1. The topological polar surface area (TPSA) is 61.4 Å². The van der Waals surface area contributed by atoms with Crippen molar-refractivity contribution < 1.29 is 14.3 Å². The van der Waals surface area contributed by atoms with Crippen LogP contribution >= 0.6 is 0 Å². The predicted octanol–water partition coefficient (Wildman–Crippen LogP) is 1.33. The lowest BCUT2D eigenvalue weighted by Crippen LogP contribution is -2.34. The molecule has 0 fully saturated rings. The van der Waals surface area contributed by atoms with Crippen molar-refractivity contribution in [1.82, 2.24) is 5.32 Å². The number of aliphatic hydroxyl groups excluding tert-OH is 1. The van der Waals surface area contributed by atoms with Crippen molar-refractivity contribution in [3.63, 3.8) is 0 Å². The largest absolute Gasteiger partial charge is 0.392 e. The summed E-state index contributed by atoms with van der Waals surface area (Å²) in [6, 6.07) is 5.10. The molecule has 1 rings (SSSR count). The SMILES string of the molecule is C[C@@H](O)CNC(=O)Nc1cccc(F)c1. The zero-order valence-electron chi connectivity index (χ0n) is 8.33. The molecule has 0 unspecified atom stereocenters. The average Bonchev–Trinajstić information content (AvgIpc) is 2.15. The first kappa shape index (κ1) is 11.5. The molecule has 0 aromatic heterocycles. The van der Waals surface area contributed by atoms with Crippen LogP contribution < -0.4 is 10.6 Å². The van der Waals surface area contributed by atoms with E-state index in [-0.39, 0.29) is 6.54 Å². The van der Waals surface area contributed by atoms with Gasteiger partial charge in [-0.25, -0.2) is 9.18 Å². The lowest BCUT2D eigenvalue weighted by atomic mass is 10.3. The van der Waals surface area contributed by atoms with Crippen LogP contribution in [0, 0.1) is 5.82 Å². The summed E-state index contributed by atoms with van der Waals surface area (Å²) in [7, 11) is 0. The van der Waals surface area contributed by atoms with Crippen molar-refractivity contribution in [2.45, 2.75) is 13.0 Å². The van der Waals surface area contributed by atoms with E-state index in [1.54, 1.807) is 13.0 Å². The van der Waals surface area contributed by atoms with Crippen molar-refractivity contribution in [2.24, 2.45) is 0 Å². The molecule has 0 bridgehead atoms. The molecule has 0 aliphatic carbocycles. The van der Waals surface area contributed by atoms with Gasteiger partial charge in [0, 0.05) is 12.2 Å². The van der Waals surface area contributed by atoms with Gasteiger partial charge in [0.1, 0.15) is 5.82 Å². The highest BCUT2D eigenvalue weighted by Crippen LogP contribution is 2.08. The molecule has 1 atom stereocenters. The number of carbonyl (C=O) groups is 1. The smallest absolute Gasteiger partial charge is 0.319 e. The lowest BCUT2D eigenvalue weighted by Gasteiger charge is -2.08. The zero-order chi connectivity index (χ0) is 11.3. The molecule has 0 heterocycles. The molecule has 0 radical (unpaired) electrons. The van der Waals surface area contributed by atoms with Crippen molar-refractivity contribution >= 4 is 11.7 Å². The van der Waals surface area contributed by atoms with Crippen LogP contribution in [0.25, 0.3) is 0 Å². The third-order valence-corrected chi connectivity index (χ3v) is 1.64. The minimum Gasteiger partial charge on any atom is -0.392 e. The number of halogens is 1. The van der Waals surface area contributed by atoms with Crippen LogP contribution in [-0.2, 0) is 0 Å². The molecule has 82 valence electrons. The number of nitrogens with one attached hydrogen (secondary N) is 2. The molecule has 1 aromatic rings. The summed E-state index contributed by atoms with van der Waals surface area (Å²) in [6.45, 7) is 1.71. The van der Waals surface area contributed by atoms with Gasteiger partial charge in [0.2, 0.25) is 0 Å². The van der Waals surface area contributed by atoms with E-state index in [9.17, 15) is 9.18 Å². The van der Waals surface area contributed by atoms with Crippen molar-refractivity contribution in [1.29, 1.82) is 0 Å². The number of rotatable bonds is 3. The first-order chi connectivity index (χ1) is 7.08. The van der Waals surface area contributed by atoms with Crippen LogP contribution in [0.3, 0.4) is 0 Å². The van der Waals surface area contributed by atoms with Gasteiger partial charge in [-0.15, -0.1) is 0 Å². The van der Waals surface area contributed by atoms with E-state index in [0.29, 0.717) is 5.69 Å². The van der Waals surface area contributed by atoms with Crippen LogP contribution in [0.2, 0.25) is 0 Å². The maximum absolute atomic E-state index is 12.7. The summed E-state index contributed by atoms with van der Waals surface area (Å²) in [5.74, 6) is -0.414. The minimum atomic E-state index is -0.608. The van der Waals surface area contributed by atoms with Crippen LogP contribution in [0.1, 0.15) is 6.92 Å². The molecule has 0 aliphatic heterocycles. The van der Waals surface area contributed by atoms with Gasteiger partial charge < -0.3 is 15.7 Å². The Bertz CT molecular complexity index is 342.